The summed E-state index contributed by atoms with van der Waals surface area (Å²) in [5.41, 5.74) is 1.07. The first kappa shape index (κ1) is 20.2. The zero-order valence-corrected chi connectivity index (χ0v) is 17.3. The molecule has 12 heteroatoms. The summed E-state index contributed by atoms with van der Waals surface area (Å²) in [7, 11) is -3.26. The number of rotatable bonds is 6. The van der Waals surface area contributed by atoms with Gasteiger partial charge in [0, 0.05) is 25.2 Å². The maximum atomic E-state index is 13.1. The average molecular weight is 449 g/mol. The van der Waals surface area contributed by atoms with Gasteiger partial charge in [0.1, 0.15) is 23.5 Å². The molecule has 1 aliphatic heterocycles. The van der Waals surface area contributed by atoms with Gasteiger partial charge in [-0.15, -0.1) is 0 Å². The number of alkyl halides is 2. The molecule has 5 rings (SSSR count). The third-order valence-corrected chi connectivity index (χ3v) is 7.57. The number of piperidine rings is 1. The van der Waals surface area contributed by atoms with Crippen molar-refractivity contribution in [2.45, 2.75) is 43.4 Å². The van der Waals surface area contributed by atoms with Crippen LogP contribution in [0.4, 0.5) is 14.6 Å². The van der Waals surface area contributed by atoms with Crippen molar-refractivity contribution >= 4 is 21.5 Å². The summed E-state index contributed by atoms with van der Waals surface area (Å²) in [5.74, 6) is 0.639. The molecule has 0 bridgehead atoms. The van der Waals surface area contributed by atoms with Crippen molar-refractivity contribution in [3.63, 3.8) is 0 Å². The Bertz CT molecular complexity index is 1210. The summed E-state index contributed by atoms with van der Waals surface area (Å²) in [6, 6.07) is 4.31. The van der Waals surface area contributed by atoms with E-state index in [9.17, 15) is 17.2 Å². The number of fused-ring (bicyclic) bond motifs is 1. The van der Waals surface area contributed by atoms with Gasteiger partial charge in [0.05, 0.1) is 17.1 Å². The van der Waals surface area contributed by atoms with Crippen molar-refractivity contribution in [1.82, 2.24) is 29.3 Å². The van der Waals surface area contributed by atoms with Gasteiger partial charge in [-0.2, -0.15) is 5.10 Å². The standard InChI is InChI=1S/C19H21F2N7O2S/c20-19(21)14-5-6-17-22-9-16(28(17)25-14)15-8-18(24-11-23-15)27-7-1-2-12(10-27)26-31(29,30)13-3-4-13/h5-6,8-9,11-13,19,26H,1-4,7,10H2. The Morgan fingerprint density at radius 1 is 1.13 bits per heavy atom. The smallest absolute Gasteiger partial charge is 0.282 e. The summed E-state index contributed by atoms with van der Waals surface area (Å²) in [6.45, 7) is 1.24. The van der Waals surface area contributed by atoms with Crippen molar-refractivity contribution < 1.29 is 17.2 Å². The summed E-state index contributed by atoms with van der Waals surface area (Å²) in [6.07, 6.45) is 3.29. The Morgan fingerprint density at radius 3 is 2.74 bits per heavy atom. The lowest BCUT2D eigenvalue weighted by Crippen LogP contribution is -2.48. The summed E-state index contributed by atoms with van der Waals surface area (Å²) < 4.78 is 54.9. The fourth-order valence-electron chi connectivity index (χ4n) is 3.83. The number of hydrogen-bond acceptors (Lipinski definition) is 7. The Kier molecular flexibility index (Phi) is 5.05. The van der Waals surface area contributed by atoms with Crippen LogP contribution < -0.4 is 9.62 Å². The predicted octanol–water partition coefficient (Wildman–Crippen LogP) is 2.17. The molecule has 2 fully saturated rings. The van der Waals surface area contributed by atoms with Gasteiger partial charge in [0.2, 0.25) is 10.0 Å². The van der Waals surface area contributed by atoms with Crippen LogP contribution in [0.1, 0.15) is 37.8 Å². The van der Waals surface area contributed by atoms with Crippen LogP contribution in [0.5, 0.6) is 0 Å². The zero-order chi connectivity index (χ0) is 21.6. The molecule has 1 unspecified atom stereocenters. The Balaban J connectivity index is 1.40. The fraction of sp³-hybridized carbons (Fsp3) is 0.474. The van der Waals surface area contributed by atoms with Crippen molar-refractivity contribution in [3.05, 3.63) is 36.4 Å². The molecule has 0 aromatic carbocycles. The molecule has 0 amide bonds. The second-order valence-corrected chi connectivity index (χ2v) is 9.87. The van der Waals surface area contributed by atoms with Crippen LogP contribution in [-0.4, -0.2) is 57.4 Å². The maximum Gasteiger partial charge on any atom is 0.282 e. The highest BCUT2D eigenvalue weighted by atomic mass is 32.2. The van der Waals surface area contributed by atoms with Gasteiger partial charge in [0.25, 0.3) is 6.43 Å². The van der Waals surface area contributed by atoms with E-state index in [1.54, 1.807) is 6.07 Å². The number of nitrogens with zero attached hydrogens (tertiary/aromatic N) is 6. The van der Waals surface area contributed by atoms with Crippen LogP contribution in [0.15, 0.2) is 30.7 Å². The lowest BCUT2D eigenvalue weighted by molar-refractivity contribution is 0.144. The number of aromatic nitrogens is 5. The highest BCUT2D eigenvalue weighted by molar-refractivity contribution is 7.90. The van der Waals surface area contributed by atoms with Crippen molar-refractivity contribution in [3.8, 4) is 11.4 Å². The van der Waals surface area contributed by atoms with E-state index >= 15 is 0 Å². The number of sulfonamides is 1. The lowest BCUT2D eigenvalue weighted by Gasteiger charge is -2.33. The van der Waals surface area contributed by atoms with Crippen molar-refractivity contribution in [1.29, 1.82) is 0 Å². The monoisotopic (exact) mass is 449 g/mol. The summed E-state index contributed by atoms with van der Waals surface area (Å²) >= 11 is 0. The van der Waals surface area contributed by atoms with Crippen LogP contribution >= 0.6 is 0 Å². The van der Waals surface area contributed by atoms with E-state index in [4.69, 9.17) is 0 Å². The maximum absolute atomic E-state index is 13.1. The van der Waals surface area contributed by atoms with E-state index in [-0.39, 0.29) is 17.0 Å². The Morgan fingerprint density at radius 2 is 1.97 bits per heavy atom. The fourth-order valence-corrected chi connectivity index (χ4v) is 5.43. The van der Waals surface area contributed by atoms with E-state index in [0.717, 1.165) is 32.2 Å². The molecule has 3 aromatic rings. The first-order chi connectivity index (χ1) is 14.9. The van der Waals surface area contributed by atoms with Gasteiger partial charge in [-0.1, -0.05) is 0 Å². The quantitative estimate of drug-likeness (QED) is 0.615. The van der Waals surface area contributed by atoms with Gasteiger partial charge in [-0.05, 0) is 37.8 Å². The number of anilines is 1. The van der Waals surface area contributed by atoms with E-state index in [1.807, 2.05) is 4.90 Å². The molecule has 1 saturated heterocycles. The number of imidazole rings is 1. The zero-order valence-electron chi connectivity index (χ0n) is 16.5. The molecule has 164 valence electrons. The first-order valence-electron chi connectivity index (χ1n) is 10.1. The van der Waals surface area contributed by atoms with E-state index in [2.05, 4.69) is 24.8 Å². The van der Waals surface area contributed by atoms with Crippen molar-refractivity contribution in [2.75, 3.05) is 18.0 Å². The van der Waals surface area contributed by atoms with Gasteiger partial charge >= 0.3 is 0 Å². The third-order valence-electron chi connectivity index (χ3n) is 5.56. The first-order valence-corrected chi connectivity index (χ1v) is 11.7. The predicted molar refractivity (Wildman–Crippen MR) is 109 cm³/mol. The molecule has 0 spiro atoms. The lowest BCUT2D eigenvalue weighted by atomic mass is 10.1. The minimum Gasteiger partial charge on any atom is -0.355 e. The average Bonchev–Trinajstić information content (AvgIpc) is 3.54. The molecule has 1 atom stereocenters. The summed E-state index contributed by atoms with van der Waals surface area (Å²) in [4.78, 5) is 14.8. The molecule has 4 heterocycles. The van der Waals surface area contributed by atoms with Gasteiger partial charge in [0.15, 0.2) is 5.65 Å². The van der Waals surface area contributed by atoms with Crippen LogP contribution in [-0.2, 0) is 10.0 Å². The van der Waals surface area contributed by atoms with Crippen LogP contribution in [0.25, 0.3) is 17.0 Å². The highest BCUT2D eigenvalue weighted by Gasteiger charge is 2.37. The minimum atomic E-state index is -3.26. The molecule has 1 N–H and O–H groups in total. The summed E-state index contributed by atoms with van der Waals surface area (Å²) in [5, 5.41) is 3.73. The van der Waals surface area contributed by atoms with Crippen LogP contribution in [0, 0.1) is 0 Å². The number of halogens is 2. The van der Waals surface area contributed by atoms with E-state index in [0.29, 0.717) is 29.4 Å². The molecule has 0 radical (unpaired) electrons. The number of hydrogen-bond donors (Lipinski definition) is 1. The van der Waals surface area contributed by atoms with Crippen molar-refractivity contribution in [2.24, 2.45) is 0 Å². The second-order valence-electron chi connectivity index (χ2n) is 7.88. The SMILES string of the molecule is O=S(=O)(NC1CCCN(c2cc(-c3cnc4ccc(C(F)F)nn34)ncn2)C1)C1CC1. The largest absolute Gasteiger partial charge is 0.355 e. The molecular weight excluding hydrogens is 428 g/mol. The van der Waals surface area contributed by atoms with E-state index < -0.39 is 16.4 Å². The highest BCUT2D eigenvalue weighted by Crippen LogP contribution is 2.29. The Hall–Kier alpha value is -2.73. The molecular formula is C19H21F2N7O2S. The van der Waals surface area contributed by atoms with Gasteiger partial charge in [-0.3, -0.25) is 0 Å². The molecule has 3 aromatic heterocycles. The molecule has 9 nitrogen and oxygen atoms in total. The minimum absolute atomic E-state index is 0.177. The molecule has 1 saturated carbocycles. The van der Waals surface area contributed by atoms with E-state index in [1.165, 1.54) is 29.2 Å². The topological polar surface area (TPSA) is 105 Å². The molecule has 31 heavy (non-hydrogen) atoms. The number of nitrogens with one attached hydrogen (secondary N) is 1. The molecule has 2 aliphatic rings. The van der Waals surface area contributed by atoms with Crippen LogP contribution in [0.3, 0.4) is 0 Å². The normalized spacial score (nSPS) is 20.0. The van der Waals surface area contributed by atoms with Gasteiger partial charge < -0.3 is 4.90 Å². The third kappa shape index (κ3) is 4.09. The Labute approximate surface area is 177 Å². The van der Waals surface area contributed by atoms with Gasteiger partial charge in [-0.25, -0.2) is 41.4 Å². The molecule has 1 aliphatic carbocycles. The second kappa shape index (κ2) is 7.75. The van der Waals surface area contributed by atoms with Crippen LogP contribution in [0.2, 0.25) is 0 Å².